The Morgan fingerprint density at radius 2 is 1.81 bits per heavy atom. The number of aryl methyl sites for hydroxylation is 1. The van der Waals surface area contributed by atoms with Gasteiger partial charge in [0.15, 0.2) is 0 Å². The van der Waals surface area contributed by atoms with Crippen molar-refractivity contribution in [2.75, 3.05) is 5.32 Å². The number of hydrogen-bond donors (Lipinski definition) is 2. The number of rotatable bonds is 4. The van der Waals surface area contributed by atoms with E-state index in [1.54, 1.807) is 0 Å². The van der Waals surface area contributed by atoms with Crippen molar-refractivity contribution in [3.8, 4) is 0 Å². The zero-order chi connectivity index (χ0) is 15.6. The van der Waals surface area contributed by atoms with E-state index >= 15 is 0 Å². The van der Waals surface area contributed by atoms with Crippen molar-refractivity contribution >= 4 is 28.2 Å². The Bertz CT molecular complexity index is 692. The molecule has 0 unspecified atom stereocenters. The summed E-state index contributed by atoms with van der Waals surface area (Å²) in [6.45, 7) is 1.85. The van der Waals surface area contributed by atoms with E-state index in [4.69, 9.17) is 5.11 Å². The van der Waals surface area contributed by atoms with E-state index < -0.39 is 23.5 Å². The smallest absolute Gasteiger partial charge is 0.338 e. The first-order valence-corrected chi connectivity index (χ1v) is 6.85. The fourth-order valence-corrected chi connectivity index (χ4v) is 2.71. The van der Waals surface area contributed by atoms with Crippen molar-refractivity contribution in [1.29, 1.82) is 0 Å². The Kier molecular flexibility index (Phi) is 4.32. The number of carbonyl (C=O) groups is 2. The molecule has 0 atom stereocenters. The molecule has 0 aliphatic carbocycles. The molecule has 1 heterocycles. The third-order valence-electron chi connectivity index (χ3n) is 2.71. The van der Waals surface area contributed by atoms with E-state index in [1.165, 1.54) is 6.07 Å². The molecule has 110 valence electrons. The average Bonchev–Trinajstić information content (AvgIpc) is 2.80. The lowest BCUT2D eigenvalue weighted by Gasteiger charge is -2.04. The molecule has 1 aromatic carbocycles. The van der Waals surface area contributed by atoms with E-state index in [9.17, 15) is 18.4 Å². The van der Waals surface area contributed by atoms with Crippen molar-refractivity contribution in [2.24, 2.45) is 0 Å². The minimum Gasteiger partial charge on any atom is -0.478 e. The molecule has 7 heteroatoms. The number of amides is 1. The number of carboxylic acid groups (broad SMARTS) is 1. The Balaban J connectivity index is 2.30. The van der Waals surface area contributed by atoms with Crippen LogP contribution < -0.4 is 5.32 Å². The van der Waals surface area contributed by atoms with Gasteiger partial charge in [0.2, 0.25) is 0 Å². The van der Waals surface area contributed by atoms with Crippen LogP contribution in [-0.4, -0.2) is 17.0 Å². The number of thiophene rings is 1. The van der Waals surface area contributed by atoms with E-state index in [-0.39, 0.29) is 16.1 Å². The van der Waals surface area contributed by atoms with Gasteiger partial charge in [0.1, 0.15) is 16.6 Å². The lowest BCUT2D eigenvalue weighted by atomic mass is 10.2. The lowest BCUT2D eigenvalue weighted by molar-refractivity contribution is 0.0698. The van der Waals surface area contributed by atoms with Crippen LogP contribution in [0.2, 0.25) is 0 Å². The minimum absolute atomic E-state index is 0.0397. The molecule has 21 heavy (non-hydrogen) atoms. The molecule has 1 amide bonds. The second kappa shape index (κ2) is 6.01. The molecule has 0 aliphatic rings. The summed E-state index contributed by atoms with van der Waals surface area (Å²) in [6.07, 6.45) is 0.620. The van der Waals surface area contributed by atoms with Crippen LogP contribution in [0.4, 0.5) is 13.8 Å². The minimum atomic E-state index is -1.17. The number of carbonyl (C=O) groups excluding carboxylic acids is 1. The number of hydrogen-bond acceptors (Lipinski definition) is 3. The van der Waals surface area contributed by atoms with Gasteiger partial charge in [-0.2, -0.15) is 0 Å². The van der Waals surface area contributed by atoms with Crippen LogP contribution in [0, 0.1) is 11.6 Å². The molecule has 0 radical (unpaired) electrons. The summed E-state index contributed by atoms with van der Waals surface area (Å²) in [5.74, 6) is -3.69. The maximum atomic E-state index is 13.1. The van der Waals surface area contributed by atoms with Gasteiger partial charge in [-0.3, -0.25) is 4.79 Å². The van der Waals surface area contributed by atoms with Crippen LogP contribution in [0.3, 0.4) is 0 Å². The van der Waals surface area contributed by atoms with Gasteiger partial charge in [-0.05, 0) is 24.6 Å². The molecule has 0 saturated carbocycles. The topological polar surface area (TPSA) is 66.4 Å². The highest BCUT2D eigenvalue weighted by Crippen LogP contribution is 2.29. The van der Waals surface area contributed by atoms with E-state index in [0.717, 1.165) is 28.3 Å². The van der Waals surface area contributed by atoms with Crippen LogP contribution >= 0.6 is 11.3 Å². The lowest BCUT2D eigenvalue weighted by Crippen LogP contribution is -2.13. The molecule has 0 saturated heterocycles. The number of halogens is 2. The molecule has 0 aliphatic heterocycles. The molecule has 2 N–H and O–H groups in total. The summed E-state index contributed by atoms with van der Waals surface area (Å²) in [4.78, 5) is 23.9. The third-order valence-corrected chi connectivity index (χ3v) is 3.91. The van der Waals surface area contributed by atoms with Crippen LogP contribution in [0.15, 0.2) is 24.3 Å². The first-order valence-electron chi connectivity index (χ1n) is 6.04. The first-order chi connectivity index (χ1) is 9.90. The molecular weight excluding hydrogens is 300 g/mol. The van der Waals surface area contributed by atoms with E-state index in [1.807, 2.05) is 6.92 Å². The van der Waals surface area contributed by atoms with Crippen molar-refractivity contribution in [3.63, 3.8) is 0 Å². The maximum Gasteiger partial charge on any atom is 0.338 e. The fraction of sp³-hybridized carbons (Fsp3) is 0.143. The highest BCUT2D eigenvalue weighted by molar-refractivity contribution is 7.16. The van der Waals surface area contributed by atoms with Gasteiger partial charge in [-0.25, -0.2) is 13.6 Å². The predicted octanol–water partition coefficient (Wildman–Crippen LogP) is 3.54. The molecule has 0 spiro atoms. The molecule has 1 aromatic heterocycles. The highest BCUT2D eigenvalue weighted by Gasteiger charge is 2.18. The number of benzene rings is 1. The molecule has 2 rings (SSSR count). The van der Waals surface area contributed by atoms with E-state index in [2.05, 4.69) is 5.32 Å². The highest BCUT2D eigenvalue weighted by atomic mass is 32.1. The Labute approximate surface area is 123 Å². The monoisotopic (exact) mass is 311 g/mol. The summed E-state index contributed by atoms with van der Waals surface area (Å²) >= 11 is 1.12. The number of anilines is 1. The molecule has 0 fully saturated rings. The Morgan fingerprint density at radius 1 is 1.19 bits per heavy atom. The van der Waals surface area contributed by atoms with Gasteiger partial charge in [0.05, 0.1) is 5.56 Å². The molecule has 4 nitrogen and oxygen atoms in total. The normalized spacial score (nSPS) is 10.4. The van der Waals surface area contributed by atoms with E-state index in [0.29, 0.717) is 12.5 Å². The number of nitrogens with one attached hydrogen (secondary N) is 1. The largest absolute Gasteiger partial charge is 0.478 e. The summed E-state index contributed by atoms with van der Waals surface area (Å²) in [5, 5.41) is 11.6. The Morgan fingerprint density at radius 3 is 2.33 bits per heavy atom. The van der Waals surface area contributed by atoms with Crippen LogP contribution in [0.25, 0.3) is 0 Å². The van der Waals surface area contributed by atoms with Gasteiger partial charge < -0.3 is 10.4 Å². The fourth-order valence-electron chi connectivity index (χ4n) is 1.73. The molecule has 2 aromatic rings. The van der Waals surface area contributed by atoms with Gasteiger partial charge in [0, 0.05) is 16.5 Å². The zero-order valence-electron chi connectivity index (χ0n) is 10.9. The third kappa shape index (κ3) is 3.43. The second-order valence-electron chi connectivity index (χ2n) is 4.23. The van der Waals surface area contributed by atoms with Crippen molar-refractivity contribution < 1.29 is 23.5 Å². The van der Waals surface area contributed by atoms with Crippen molar-refractivity contribution in [3.05, 3.63) is 51.9 Å². The standard InChI is InChI=1S/C14H11F2NO3S/c1-2-10-6-11(14(19)20)13(21-10)17-12(18)7-3-8(15)5-9(16)4-7/h3-6H,2H2,1H3,(H,17,18)(H,19,20). The SMILES string of the molecule is CCc1cc(C(=O)O)c(NC(=O)c2cc(F)cc(F)c2)s1. The van der Waals surface area contributed by atoms with Crippen molar-refractivity contribution in [2.45, 2.75) is 13.3 Å². The summed E-state index contributed by atoms with van der Waals surface area (Å²) in [6, 6.07) is 3.88. The number of carboxylic acids is 1. The van der Waals surface area contributed by atoms with Crippen LogP contribution in [0.1, 0.15) is 32.5 Å². The summed E-state index contributed by atoms with van der Waals surface area (Å²) < 4.78 is 26.2. The second-order valence-corrected chi connectivity index (χ2v) is 5.36. The maximum absolute atomic E-state index is 13.1. The van der Waals surface area contributed by atoms with Crippen LogP contribution in [0.5, 0.6) is 0 Å². The number of aromatic carboxylic acids is 1. The molecular formula is C14H11F2NO3S. The Hall–Kier alpha value is -2.28. The first kappa shape index (κ1) is 15.1. The van der Waals surface area contributed by atoms with Crippen LogP contribution in [-0.2, 0) is 6.42 Å². The summed E-state index contributed by atoms with van der Waals surface area (Å²) in [5.41, 5.74) is -0.252. The average molecular weight is 311 g/mol. The van der Waals surface area contributed by atoms with Crippen molar-refractivity contribution in [1.82, 2.24) is 0 Å². The molecule has 0 bridgehead atoms. The van der Waals surface area contributed by atoms with Gasteiger partial charge >= 0.3 is 5.97 Å². The zero-order valence-corrected chi connectivity index (χ0v) is 11.8. The van der Waals surface area contributed by atoms with Gasteiger partial charge in [0.25, 0.3) is 5.91 Å². The van der Waals surface area contributed by atoms with Gasteiger partial charge in [-0.15, -0.1) is 11.3 Å². The summed E-state index contributed by atoms with van der Waals surface area (Å²) in [7, 11) is 0. The predicted molar refractivity (Wildman–Crippen MR) is 75.0 cm³/mol. The van der Waals surface area contributed by atoms with Gasteiger partial charge in [-0.1, -0.05) is 6.92 Å². The quantitative estimate of drug-likeness (QED) is 0.907.